The fourth-order valence-corrected chi connectivity index (χ4v) is 2.98. The molecule has 0 radical (unpaired) electrons. The number of carbonyl (C=O) groups is 2. The Kier molecular flexibility index (Phi) is 6.78. The standard InChI is InChI=1S/C17H15ClF2N2O2S/c1-22(9-16(23)21-14-5-3-2-4-12(14)18)17(24)10-25-15-8-11(19)6-7-13(15)20/h2-8H,9-10H2,1H3,(H,21,23). The summed E-state index contributed by atoms with van der Waals surface area (Å²) >= 11 is 6.82. The molecule has 2 amide bonds. The molecule has 4 nitrogen and oxygen atoms in total. The van der Waals surface area contributed by atoms with Gasteiger partial charge >= 0.3 is 0 Å². The Bertz CT molecular complexity index is 789. The second-order valence-electron chi connectivity index (χ2n) is 5.14. The van der Waals surface area contributed by atoms with Gasteiger partial charge in [0.05, 0.1) is 23.0 Å². The van der Waals surface area contributed by atoms with Crippen LogP contribution in [0.25, 0.3) is 0 Å². The normalized spacial score (nSPS) is 10.4. The van der Waals surface area contributed by atoms with E-state index in [9.17, 15) is 18.4 Å². The minimum absolute atomic E-state index is 0.0438. The molecule has 1 N–H and O–H groups in total. The lowest BCUT2D eigenvalue weighted by atomic mass is 10.3. The van der Waals surface area contributed by atoms with Crippen LogP contribution >= 0.6 is 23.4 Å². The first-order valence-corrected chi connectivity index (χ1v) is 8.59. The molecule has 0 fully saturated rings. The summed E-state index contributed by atoms with van der Waals surface area (Å²) in [7, 11) is 1.46. The van der Waals surface area contributed by atoms with Gasteiger partial charge in [0.2, 0.25) is 11.8 Å². The number of carbonyl (C=O) groups excluding carboxylic acids is 2. The summed E-state index contributed by atoms with van der Waals surface area (Å²) in [4.78, 5) is 25.3. The molecule has 0 spiro atoms. The Morgan fingerprint density at radius 1 is 1.20 bits per heavy atom. The van der Waals surface area contributed by atoms with Crippen LogP contribution in [0, 0.1) is 11.6 Å². The van der Waals surface area contributed by atoms with E-state index in [1.165, 1.54) is 11.9 Å². The fourth-order valence-electron chi connectivity index (χ4n) is 1.89. The molecular weight excluding hydrogens is 370 g/mol. The van der Waals surface area contributed by atoms with E-state index in [-0.39, 0.29) is 23.1 Å². The van der Waals surface area contributed by atoms with Crippen molar-refractivity contribution < 1.29 is 18.4 Å². The molecule has 2 aromatic carbocycles. The Morgan fingerprint density at radius 3 is 2.64 bits per heavy atom. The first-order chi connectivity index (χ1) is 11.9. The summed E-state index contributed by atoms with van der Waals surface area (Å²) in [5.41, 5.74) is 0.450. The average Bonchev–Trinajstić information content (AvgIpc) is 2.57. The molecule has 0 aliphatic heterocycles. The smallest absolute Gasteiger partial charge is 0.244 e. The molecule has 132 valence electrons. The van der Waals surface area contributed by atoms with Gasteiger partial charge in [0, 0.05) is 11.9 Å². The van der Waals surface area contributed by atoms with Crippen molar-refractivity contribution in [2.75, 3.05) is 24.7 Å². The van der Waals surface area contributed by atoms with Crippen molar-refractivity contribution in [2.24, 2.45) is 0 Å². The number of nitrogens with one attached hydrogen (secondary N) is 1. The monoisotopic (exact) mass is 384 g/mol. The minimum Gasteiger partial charge on any atom is -0.336 e. The number of para-hydroxylation sites is 1. The van der Waals surface area contributed by atoms with Gasteiger partial charge in [-0.2, -0.15) is 0 Å². The van der Waals surface area contributed by atoms with Crippen LogP contribution in [-0.2, 0) is 9.59 Å². The minimum atomic E-state index is -0.599. The van der Waals surface area contributed by atoms with Gasteiger partial charge in [-0.05, 0) is 30.3 Å². The first kappa shape index (κ1) is 19.2. The summed E-state index contributed by atoms with van der Waals surface area (Å²) in [6.07, 6.45) is 0. The summed E-state index contributed by atoms with van der Waals surface area (Å²) in [6.45, 7) is -0.184. The van der Waals surface area contributed by atoms with E-state index >= 15 is 0 Å². The van der Waals surface area contributed by atoms with E-state index in [0.717, 1.165) is 30.0 Å². The Balaban J connectivity index is 1.86. The highest BCUT2D eigenvalue weighted by atomic mass is 35.5. The Hall–Kier alpha value is -2.12. The van der Waals surface area contributed by atoms with Crippen molar-refractivity contribution in [3.05, 3.63) is 59.1 Å². The molecule has 0 heterocycles. The molecule has 25 heavy (non-hydrogen) atoms. The van der Waals surface area contributed by atoms with Crippen LogP contribution in [-0.4, -0.2) is 36.1 Å². The van der Waals surface area contributed by atoms with Crippen LogP contribution in [0.1, 0.15) is 0 Å². The zero-order valence-electron chi connectivity index (χ0n) is 13.3. The second kappa shape index (κ2) is 8.82. The molecule has 0 aliphatic carbocycles. The number of benzene rings is 2. The number of halogens is 3. The van der Waals surface area contributed by atoms with Gasteiger partial charge in [-0.15, -0.1) is 11.8 Å². The van der Waals surface area contributed by atoms with Gasteiger partial charge in [-0.25, -0.2) is 8.78 Å². The maximum absolute atomic E-state index is 13.5. The van der Waals surface area contributed by atoms with E-state index in [2.05, 4.69) is 5.32 Å². The zero-order valence-corrected chi connectivity index (χ0v) is 14.8. The molecular formula is C17H15ClF2N2O2S. The molecule has 0 saturated heterocycles. The van der Waals surface area contributed by atoms with E-state index in [0.29, 0.717) is 10.7 Å². The summed E-state index contributed by atoms with van der Waals surface area (Å²) in [6, 6.07) is 9.77. The number of hydrogen-bond donors (Lipinski definition) is 1. The highest BCUT2D eigenvalue weighted by Crippen LogP contribution is 2.23. The third kappa shape index (κ3) is 5.72. The third-order valence-corrected chi connectivity index (χ3v) is 4.54. The van der Waals surface area contributed by atoms with Crippen molar-refractivity contribution >= 4 is 40.9 Å². The fraction of sp³-hybridized carbons (Fsp3) is 0.176. The first-order valence-electron chi connectivity index (χ1n) is 7.23. The molecule has 2 aromatic rings. The molecule has 0 unspecified atom stereocenters. The van der Waals surface area contributed by atoms with Gasteiger partial charge in [0.25, 0.3) is 0 Å². The van der Waals surface area contributed by atoms with Crippen molar-refractivity contribution in [3.8, 4) is 0 Å². The van der Waals surface area contributed by atoms with Crippen LogP contribution in [0.4, 0.5) is 14.5 Å². The van der Waals surface area contributed by atoms with E-state index < -0.39 is 17.5 Å². The molecule has 0 bridgehead atoms. The zero-order chi connectivity index (χ0) is 18.4. The van der Waals surface area contributed by atoms with Crippen LogP contribution < -0.4 is 5.32 Å². The topological polar surface area (TPSA) is 49.4 Å². The van der Waals surface area contributed by atoms with Gasteiger partial charge in [-0.1, -0.05) is 23.7 Å². The van der Waals surface area contributed by atoms with E-state index in [1.54, 1.807) is 24.3 Å². The van der Waals surface area contributed by atoms with Crippen LogP contribution in [0.2, 0.25) is 5.02 Å². The van der Waals surface area contributed by atoms with Crippen LogP contribution in [0.5, 0.6) is 0 Å². The molecule has 0 saturated carbocycles. The number of thioether (sulfide) groups is 1. The van der Waals surface area contributed by atoms with Gasteiger partial charge < -0.3 is 10.2 Å². The van der Waals surface area contributed by atoms with E-state index in [1.807, 2.05) is 0 Å². The van der Waals surface area contributed by atoms with Crippen molar-refractivity contribution in [3.63, 3.8) is 0 Å². The Morgan fingerprint density at radius 2 is 1.92 bits per heavy atom. The number of nitrogens with zero attached hydrogens (tertiary/aromatic N) is 1. The van der Waals surface area contributed by atoms with Crippen molar-refractivity contribution in [2.45, 2.75) is 4.90 Å². The summed E-state index contributed by atoms with van der Waals surface area (Å²) < 4.78 is 26.6. The van der Waals surface area contributed by atoms with E-state index in [4.69, 9.17) is 11.6 Å². The predicted molar refractivity (Wildman–Crippen MR) is 94.8 cm³/mol. The summed E-state index contributed by atoms with van der Waals surface area (Å²) in [5, 5.41) is 3.00. The number of hydrogen-bond acceptors (Lipinski definition) is 3. The number of likely N-dealkylation sites (N-methyl/N-ethyl adjacent to an activating group) is 1. The van der Waals surface area contributed by atoms with Crippen molar-refractivity contribution in [1.82, 2.24) is 4.90 Å². The highest BCUT2D eigenvalue weighted by Gasteiger charge is 2.15. The molecule has 0 aliphatic rings. The Labute approximate surface area is 153 Å². The lowest BCUT2D eigenvalue weighted by molar-refractivity contribution is -0.131. The maximum atomic E-state index is 13.5. The highest BCUT2D eigenvalue weighted by molar-refractivity contribution is 8.00. The second-order valence-corrected chi connectivity index (χ2v) is 6.57. The predicted octanol–water partition coefficient (Wildman–Crippen LogP) is 3.81. The molecule has 2 rings (SSSR count). The number of anilines is 1. The molecule has 8 heteroatoms. The summed E-state index contributed by atoms with van der Waals surface area (Å²) in [5.74, 6) is -2.09. The van der Waals surface area contributed by atoms with Crippen LogP contribution in [0.3, 0.4) is 0 Å². The quantitative estimate of drug-likeness (QED) is 0.770. The van der Waals surface area contributed by atoms with Crippen LogP contribution in [0.15, 0.2) is 47.4 Å². The molecule has 0 aromatic heterocycles. The molecule has 0 atom stereocenters. The number of rotatable bonds is 6. The maximum Gasteiger partial charge on any atom is 0.244 e. The number of amides is 2. The van der Waals surface area contributed by atoms with Crippen molar-refractivity contribution in [1.29, 1.82) is 0 Å². The van der Waals surface area contributed by atoms with Gasteiger partial charge in [-0.3, -0.25) is 9.59 Å². The SMILES string of the molecule is CN(CC(=O)Nc1ccccc1Cl)C(=O)CSc1cc(F)ccc1F. The third-order valence-electron chi connectivity index (χ3n) is 3.20. The lowest BCUT2D eigenvalue weighted by Crippen LogP contribution is -2.36. The van der Waals surface area contributed by atoms with Gasteiger partial charge in [0.1, 0.15) is 11.6 Å². The largest absolute Gasteiger partial charge is 0.336 e. The van der Waals surface area contributed by atoms with Gasteiger partial charge in [0.15, 0.2) is 0 Å². The lowest BCUT2D eigenvalue weighted by Gasteiger charge is -2.17. The average molecular weight is 385 g/mol.